The molecule has 14 nitrogen and oxygen atoms in total. The summed E-state index contributed by atoms with van der Waals surface area (Å²) in [5, 5.41) is 14.8. The number of hydrogen-bond acceptors (Lipinski definition) is 10. The van der Waals surface area contributed by atoms with E-state index < -0.39 is 28.4 Å². The van der Waals surface area contributed by atoms with Crippen molar-refractivity contribution < 1.29 is 46.8 Å². The van der Waals surface area contributed by atoms with Crippen molar-refractivity contribution in [3.8, 4) is 11.1 Å². The SMILES string of the molecule is COCCOCCOCCOCCC(OC(=O)O)N1C=CC=C(CNC(=O)Nc2ccc(NS(=O)(=O)c3ccccc3-c3ccccc3)cc2)C1. The van der Waals surface area contributed by atoms with Gasteiger partial charge in [-0.2, -0.15) is 0 Å². The van der Waals surface area contributed by atoms with E-state index in [-0.39, 0.29) is 24.5 Å². The molecule has 51 heavy (non-hydrogen) atoms. The zero-order chi connectivity index (χ0) is 36.3. The molecule has 0 bridgehead atoms. The fourth-order valence-corrected chi connectivity index (χ4v) is 6.27. The number of rotatable bonds is 21. The maximum Gasteiger partial charge on any atom is 0.507 e. The highest BCUT2D eigenvalue weighted by Crippen LogP contribution is 2.29. The lowest BCUT2D eigenvalue weighted by Gasteiger charge is -2.31. The Hall–Kier alpha value is -4.93. The number of carboxylic acid groups (broad SMARTS) is 1. The second-order valence-corrected chi connectivity index (χ2v) is 12.8. The third kappa shape index (κ3) is 13.4. The number of anilines is 2. The Morgan fingerprint density at radius 1 is 0.824 bits per heavy atom. The van der Waals surface area contributed by atoms with Crippen LogP contribution in [-0.2, 0) is 33.7 Å². The summed E-state index contributed by atoms with van der Waals surface area (Å²) in [5.41, 5.74) is 2.97. The molecule has 0 radical (unpaired) electrons. The molecule has 1 atom stereocenters. The van der Waals surface area contributed by atoms with Gasteiger partial charge < -0.3 is 44.3 Å². The maximum atomic E-state index is 13.3. The average molecular weight is 725 g/mol. The van der Waals surface area contributed by atoms with E-state index in [1.54, 1.807) is 72.8 Å². The van der Waals surface area contributed by atoms with Crippen LogP contribution in [0.4, 0.5) is 21.0 Å². The zero-order valence-corrected chi connectivity index (χ0v) is 29.2. The molecule has 0 saturated heterocycles. The molecule has 0 spiro atoms. The first kappa shape index (κ1) is 38.9. The molecule has 15 heteroatoms. The van der Waals surface area contributed by atoms with E-state index in [0.29, 0.717) is 63.1 Å². The highest BCUT2D eigenvalue weighted by Gasteiger charge is 2.23. The number of ether oxygens (including phenoxy) is 5. The second kappa shape index (κ2) is 20.7. The van der Waals surface area contributed by atoms with Gasteiger partial charge >= 0.3 is 12.2 Å². The summed E-state index contributed by atoms with van der Waals surface area (Å²) < 4.78 is 55.6. The van der Waals surface area contributed by atoms with Crippen LogP contribution in [0.5, 0.6) is 0 Å². The monoisotopic (exact) mass is 724 g/mol. The van der Waals surface area contributed by atoms with Gasteiger partial charge in [0.05, 0.1) is 51.1 Å². The van der Waals surface area contributed by atoms with E-state index in [9.17, 15) is 23.1 Å². The Labute approximate surface area is 298 Å². The lowest BCUT2D eigenvalue weighted by molar-refractivity contribution is -0.0378. The normalized spacial score (nSPS) is 13.3. The molecule has 274 valence electrons. The minimum atomic E-state index is -3.91. The standard InChI is InChI=1S/C36H44N4O10S/c1-46-20-21-48-24-25-49-23-22-47-19-17-34(50-36(42)43)40-18-7-8-28(27-40)26-37-35(41)38-30-13-15-31(16-14-30)39-51(44,45)33-12-6-5-11-32(33)29-9-3-2-4-10-29/h2-16,18,34,39H,17,19-27H2,1H3,(H,42,43)(H2,37,38,41). The summed E-state index contributed by atoms with van der Waals surface area (Å²) >= 11 is 0. The minimum Gasteiger partial charge on any atom is -0.450 e. The fraction of sp³-hybridized carbons (Fsp3) is 0.333. The number of amides is 2. The van der Waals surface area contributed by atoms with Crippen molar-refractivity contribution in [2.75, 3.05) is 76.5 Å². The van der Waals surface area contributed by atoms with Gasteiger partial charge in [-0.05, 0) is 47.5 Å². The van der Waals surface area contributed by atoms with Crippen LogP contribution in [0.25, 0.3) is 11.1 Å². The summed E-state index contributed by atoms with van der Waals surface area (Å²) in [6, 6.07) is 21.9. The number of carbonyl (C=O) groups excluding carboxylic acids is 1. The van der Waals surface area contributed by atoms with Crippen molar-refractivity contribution in [3.63, 3.8) is 0 Å². The van der Waals surface area contributed by atoms with Crippen molar-refractivity contribution in [2.24, 2.45) is 0 Å². The van der Waals surface area contributed by atoms with Gasteiger partial charge in [0.15, 0.2) is 6.23 Å². The number of carbonyl (C=O) groups is 2. The molecule has 1 aliphatic rings. The second-order valence-electron chi connectivity index (χ2n) is 11.1. The molecule has 1 unspecified atom stereocenters. The summed E-state index contributed by atoms with van der Waals surface area (Å²) in [5.74, 6) is 0. The van der Waals surface area contributed by atoms with Crippen LogP contribution in [0.3, 0.4) is 0 Å². The summed E-state index contributed by atoms with van der Waals surface area (Å²) in [6.45, 7) is 3.38. The molecule has 3 aromatic rings. The first-order valence-corrected chi connectivity index (χ1v) is 17.8. The molecule has 4 rings (SSSR count). The van der Waals surface area contributed by atoms with Crippen LogP contribution in [0.15, 0.2) is 108 Å². The van der Waals surface area contributed by atoms with Crippen LogP contribution in [0.2, 0.25) is 0 Å². The zero-order valence-electron chi connectivity index (χ0n) is 28.4. The Kier molecular flexibility index (Phi) is 15.8. The number of hydrogen-bond donors (Lipinski definition) is 4. The number of benzene rings is 3. The van der Waals surface area contributed by atoms with Crippen LogP contribution < -0.4 is 15.4 Å². The van der Waals surface area contributed by atoms with Gasteiger partial charge in [-0.25, -0.2) is 18.0 Å². The van der Waals surface area contributed by atoms with Gasteiger partial charge in [0.2, 0.25) is 0 Å². The lowest BCUT2D eigenvalue weighted by atomic mass is 10.1. The van der Waals surface area contributed by atoms with E-state index >= 15 is 0 Å². The summed E-state index contributed by atoms with van der Waals surface area (Å²) in [7, 11) is -2.30. The molecule has 2 amide bonds. The predicted molar refractivity (Wildman–Crippen MR) is 192 cm³/mol. The molecule has 0 aromatic heterocycles. The van der Waals surface area contributed by atoms with Gasteiger partial charge in [0.25, 0.3) is 10.0 Å². The fourth-order valence-electron chi connectivity index (χ4n) is 4.98. The van der Waals surface area contributed by atoms with Gasteiger partial charge in [-0.3, -0.25) is 4.72 Å². The Bertz CT molecular complexity index is 1700. The van der Waals surface area contributed by atoms with Crippen LogP contribution in [0.1, 0.15) is 6.42 Å². The van der Waals surface area contributed by atoms with Gasteiger partial charge in [0, 0.05) is 49.8 Å². The molecule has 0 aliphatic carbocycles. The van der Waals surface area contributed by atoms with Crippen molar-refractivity contribution in [2.45, 2.75) is 17.5 Å². The van der Waals surface area contributed by atoms with Gasteiger partial charge in [0.1, 0.15) is 0 Å². The third-order valence-electron chi connectivity index (χ3n) is 7.42. The topological polar surface area (TPSA) is 174 Å². The minimum absolute atomic E-state index is 0.148. The van der Waals surface area contributed by atoms with Crippen molar-refractivity contribution in [1.29, 1.82) is 0 Å². The smallest absolute Gasteiger partial charge is 0.450 e. The third-order valence-corrected chi connectivity index (χ3v) is 8.86. The number of allylic oxidation sites excluding steroid dienone is 2. The predicted octanol–water partition coefficient (Wildman–Crippen LogP) is 5.14. The van der Waals surface area contributed by atoms with E-state index in [1.807, 2.05) is 36.4 Å². The lowest BCUT2D eigenvalue weighted by Crippen LogP contribution is -2.40. The van der Waals surface area contributed by atoms with Crippen molar-refractivity contribution in [1.82, 2.24) is 10.2 Å². The largest absolute Gasteiger partial charge is 0.507 e. The van der Waals surface area contributed by atoms with E-state index in [0.717, 1.165) is 11.1 Å². The number of sulfonamides is 1. The van der Waals surface area contributed by atoms with Crippen molar-refractivity contribution >= 4 is 33.6 Å². The molecule has 1 aliphatic heterocycles. The molecule has 0 fully saturated rings. The Balaban J connectivity index is 1.20. The molecule has 4 N–H and O–H groups in total. The quantitative estimate of drug-likeness (QED) is 0.0847. The Morgan fingerprint density at radius 2 is 1.45 bits per heavy atom. The molecule has 0 saturated carbocycles. The number of methoxy groups -OCH3 is 1. The van der Waals surface area contributed by atoms with Gasteiger partial charge in [-0.15, -0.1) is 0 Å². The highest BCUT2D eigenvalue weighted by molar-refractivity contribution is 7.92. The molecular formula is C36H44N4O10S. The van der Waals surface area contributed by atoms with Crippen molar-refractivity contribution in [3.05, 3.63) is 103 Å². The number of nitrogens with zero attached hydrogens (tertiary/aromatic N) is 1. The van der Waals surface area contributed by atoms with Crippen LogP contribution in [-0.4, -0.2) is 103 Å². The van der Waals surface area contributed by atoms with E-state index in [2.05, 4.69) is 15.4 Å². The summed E-state index contributed by atoms with van der Waals surface area (Å²) in [4.78, 5) is 25.9. The number of nitrogens with one attached hydrogen (secondary N) is 3. The van der Waals surface area contributed by atoms with E-state index in [1.165, 1.54) is 0 Å². The first-order valence-electron chi connectivity index (χ1n) is 16.3. The molecule has 3 aromatic carbocycles. The number of urea groups is 1. The maximum absolute atomic E-state index is 13.3. The van der Waals surface area contributed by atoms with Crippen LogP contribution in [0, 0.1) is 0 Å². The first-order chi connectivity index (χ1) is 24.7. The Morgan fingerprint density at radius 3 is 2.14 bits per heavy atom. The molecule has 1 heterocycles. The summed E-state index contributed by atoms with van der Waals surface area (Å²) in [6.07, 6.45) is 3.38. The van der Waals surface area contributed by atoms with Crippen LogP contribution >= 0.6 is 0 Å². The van der Waals surface area contributed by atoms with Gasteiger partial charge in [-0.1, -0.05) is 54.6 Å². The highest BCUT2D eigenvalue weighted by atomic mass is 32.2. The van der Waals surface area contributed by atoms with E-state index in [4.69, 9.17) is 23.7 Å². The molecular weight excluding hydrogens is 680 g/mol. The average Bonchev–Trinajstić information content (AvgIpc) is 3.13.